The van der Waals surface area contributed by atoms with Gasteiger partial charge in [-0.3, -0.25) is 9.11 Å². The largest absolute Gasteiger partial charge is 1.00 e. The molecule has 0 unspecified atom stereocenters. The second-order valence-electron chi connectivity index (χ2n) is 0.448. The molecule has 0 fully saturated rings. The van der Waals surface area contributed by atoms with Crippen LogP contribution in [0.25, 0.3) is 0 Å². The van der Waals surface area contributed by atoms with Crippen LogP contribution in [0.5, 0.6) is 0 Å². The third kappa shape index (κ3) is 96.8. The predicted molar refractivity (Wildman–Crippen MR) is 25.2 cm³/mol. The first-order valence-electron chi connectivity index (χ1n) is 0.698. The molecular formula is H6AlCrKNiO4S. The van der Waals surface area contributed by atoms with Crippen LogP contribution in [-0.2, 0) is 44.3 Å². The van der Waals surface area contributed by atoms with E-state index < -0.39 is 10.4 Å². The predicted octanol–water partition coefficient (Wildman–Crippen LogP) is -4.73. The van der Waals surface area contributed by atoms with Crippen LogP contribution < -0.4 is 51.4 Å². The van der Waals surface area contributed by atoms with Crippen molar-refractivity contribution in [1.29, 1.82) is 0 Å². The van der Waals surface area contributed by atoms with Crippen molar-refractivity contribution in [3.8, 4) is 0 Å². The van der Waals surface area contributed by atoms with Crippen LogP contribution in [0.2, 0.25) is 0 Å². The molecule has 0 amide bonds. The van der Waals surface area contributed by atoms with Gasteiger partial charge in [-0.1, -0.05) is 0 Å². The molecule has 0 aliphatic rings. The minimum absolute atomic E-state index is 0. The summed E-state index contributed by atoms with van der Waals surface area (Å²) in [5.74, 6) is 0. The molecule has 0 aliphatic heterocycles. The topological polar surface area (TPSA) is 74.6 Å². The Morgan fingerprint density at radius 1 is 1.22 bits per heavy atom. The number of hydrogen-bond acceptors (Lipinski definition) is 2. The van der Waals surface area contributed by atoms with Crippen molar-refractivity contribution < 1.29 is 104 Å². The van der Waals surface area contributed by atoms with Crippen molar-refractivity contribution in [3.63, 3.8) is 0 Å². The molecule has 2 N–H and O–H groups in total. The quantitative estimate of drug-likeness (QED) is 0.345. The zero-order valence-electron chi connectivity index (χ0n) is 4.84. The Morgan fingerprint density at radius 2 is 1.22 bits per heavy atom. The SMILES string of the molecule is O=S(=O)(O)O.[AlH3].[Cr].[H-].[K+].[Ni]. The molecule has 0 aromatic rings. The third-order valence-electron chi connectivity index (χ3n) is 0. The van der Waals surface area contributed by atoms with Crippen LogP contribution in [-0.4, -0.2) is 34.9 Å². The summed E-state index contributed by atoms with van der Waals surface area (Å²) in [4.78, 5) is 0. The molecule has 0 bridgehead atoms. The van der Waals surface area contributed by atoms with Crippen molar-refractivity contribution in [2.45, 2.75) is 0 Å². The molecule has 56 valence electrons. The molecule has 0 saturated carbocycles. The summed E-state index contributed by atoms with van der Waals surface area (Å²) in [6.45, 7) is 0. The van der Waals surface area contributed by atoms with Gasteiger partial charge in [-0.15, -0.1) is 0 Å². The van der Waals surface area contributed by atoms with E-state index in [9.17, 15) is 0 Å². The Bertz CT molecular complexity index is 108. The van der Waals surface area contributed by atoms with Gasteiger partial charge < -0.3 is 1.43 Å². The summed E-state index contributed by atoms with van der Waals surface area (Å²) in [6.07, 6.45) is 0. The maximum Gasteiger partial charge on any atom is 1.00 e. The monoisotopic (exact) mass is 278 g/mol. The van der Waals surface area contributed by atoms with Gasteiger partial charge in [-0.25, -0.2) is 0 Å². The van der Waals surface area contributed by atoms with E-state index in [0.717, 1.165) is 0 Å². The Balaban J connectivity index is -0.00000000800. The molecule has 0 spiro atoms. The fourth-order valence-electron chi connectivity index (χ4n) is 0. The molecule has 4 nitrogen and oxygen atoms in total. The van der Waals surface area contributed by atoms with Gasteiger partial charge in [0.15, 0.2) is 17.4 Å². The first-order chi connectivity index (χ1) is 2.00. The fraction of sp³-hybridized carbons (Fsp3) is 0. The molecule has 0 heterocycles. The maximum absolute atomic E-state index is 8.74. The molecular weight excluding hydrogens is 273 g/mol. The normalized spacial score (nSPS) is 6.44. The van der Waals surface area contributed by atoms with E-state index in [1.807, 2.05) is 0 Å². The average molecular weight is 279 g/mol. The van der Waals surface area contributed by atoms with Crippen LogP contribution in [0.3, 0.4) is 0 Å². The summed E-state index contributed by atoms with van der Waals surface area (Å²) in [5.41, 5.74) is 0. The van der Waals surface area contributed by atoms with Gasteiger partial charge in [0.25, 0.3) is 0 Å². The summed E-state index contributed by atoms with van der Waals surface area (Å²) in [6, 6.07) is 0. The van der Waals surface area contributed by atoms with E-state index in [-0.39, 0.29) is 104 Å². The van der Waals surface area contributed by atoms with Gasteiger partial charge in [0.05, 0.1) is 0 Å². The molecule has 0 radical (unpaired) electrons. The maximum atomic E-state index is 8.74. The molecule has 0 aliphatic carbocycles. The van der Waals surface area contributed by atoms with Crippen LogP contribution in [0.4, 0.5) is 0 Å². The van der Waals surface area contributed by atoms with Crippen molar-refractivity contribution in [1.82, 2.24) is 0 Å². The average Bonchev–Trinajstić information content (AvgIpc) is 0.722. The second-order valence-corrected chi connectivity index (χ2v) is 1.34. The molecule has 0 atom stereocenters. The molecule has 0 saturated heterocycles. The van der Waals surface area contributed by atoms with Crippen LogP contribution in [0, 0.1) is 0 Å². The van der Waals surface area contributed by atoms with E-state index >= 15 is 0 Å². The van der Waals surface area contributed by atoms with E-state index in [2.05, 4.69) is 0 Å². The zero-order chi connectivity index (χ0) is 4.50. The Kier molecular flexibility index (Phi) is 44.9. The van der Waals surface area contributed by atoms with Crippen LogP contribution >= 0.6 is 0 Å². The molecule has 9 heteroatoms. The molecule has 0 rings (SSSR count). The van der Waals surface area contributed by atoms with E-state index in [0.29, 0.717) is 0 Å². The van der Waals surface area contributed by atoms with Gasteiger partial charge in [0.2, 0.25) is 0 Å². The van der Waals surface area contributed by atoms with Gasteiger partial charge in [-0.2, -0.15) is 8.42 Å². The molecule has 0 aromatic heterocycles. The van der Waals surface area contributed by atoms with E-state index in [1.165, 1.54) is 0 Å². The van der Waals surface area contributed by atoms with E-state index in [4.69, 9.17) is 17.5 Å². The summed E-state index contributed by atoms with van der Waals surface area (Å²) in [7, 11) is -4.67. The third-order valence-corrected chi connectivity index (χ3v) is 0. The van der Waals surface area contributed by atoms with Gasteiger partial charge in [0, 0.05) is 33.9 Å². The molecule has 9 heavy (non-hydrogen) atoms. The van der Waals surface area contributed by atoms with Crippen molar-refractivity contribution in [2.75, 3.05) is 0 Å². The summed E-state index contributed by atoms with van der Waals surface area (Å²) >= 11 is 0. The standard InChI is InChI=1S/Al.Cr.K.Ni.H2O4S.4H/c;;;;1-5(2,3)4;;;;/h;;;;(H2,1,2,3,4);;;;/q;;+1;;;;;;-1. The van der Waals surface area contributed by atoms with Gasteiger partial charge in [-0.05, 0) is 0 Å². The van der Waals surface area contributed by atoms with Crippen LogP contribution in [0.1, 0.15) is 1.43 Å². The van der Waals surface area contributed by atoms with Crippen molar-refractivity contribution >= 4 is 27.8 Å². The van der Waals surface area contributed by atoms with Crippen molar-refractivity contribution in [3.05, 3.63) is 0 Å². The zero-order valence-corrected chi connectivity index (χ0v) is 10.0. The summed E-state index contributed by atoms with van der Waals surface area (Å²) < 4.78 is 31.6. The van der Waals surface area contributed by atoms with E-state index in [1.54, 1.807) is 0 Å². The first kappa shape index (κ1) is 29.6. The minimum Gasteiger partial charge on any atom is -1.00 e. The van der Waals surface area contributed by atoms with Gasteiger partial charge in [0.1, 0.15) is 0 Å². The fourth-order valence-corrected chi connectivity index (χ4v) is 0. The van der Waals surface area contributed by atoms with Gasteiger partial charge >= 0.3 is 61.8 Å². The smallest absolute Gasteiger partial charge is 1.00 e. The Hall–Kier alpha value is 3.06. The number of hydrogen-bond donors (Lipinski definition) is 2. The van der Waals surface area contributed by atoms with Crippen molar-refractivity contribution in [2.24, 2.45) is 0 Å². The van der Waals surface area contributed by atoms with Crippen LogP contribution in [0.15, 0.2) is 0 Å². The minimum atomic E-state index is -4.67. The number of rotatable bonds is 0. The molecule has 0 aromatic carbocycles. The first-order valence-corrected chi connectivity index (χ1v) is 2.10. The summed E-state index contributed by atoms with van der Waals surface area (Å²) in [5, 5.41) is 0. The second kappa shape index (κ2) is 13.6. The Labute approximate surface area is 129 Å². The Morgan fingerprint density at radius 3 is 1.22 bits per heavy atom.